The number of likely N-dealkylation sites (N-methyl/N-ethyl adjacent to an activating group) is 1. The number of hydrogen-bond donors (Lipinski definition) is 2. The molecule has 1 rings (SSSR count). The molecule has 0 aromatic rings. The number of amides is 2. The van der Waals surface area contributed by atoms with Crippen molar-refractivity contribution in [1.29, 1.82) is 0 Å². The first kappa shape index (κ1) is 13.8. The molecule has 0 bridgehead atoms. The van der Waals surface area contributed by atoms with Crippen LogP contribution >= 0.6 is 0 Å². The van der Waals surface area contributed by atoms with E-state index in [1.807, 2.05) is 7.05 Å². The molecule has 17 heavy (non-hydrogen) atoms. The van der Waals surface area contributed by atoms with Gasteiger partial charge in [0.05, 0.1) is 0 Å². The number of nitrogens with one attached hydrogen (secondary N) is 1. The lowest BCUT2D eigenvalue weighted by Gasteiger charge is -2.23. The van der Waals surface area contributed by atoms with E-state index in [0.29, 0.717) is 19.5 Å². The summed E-state index contributed by atoms with van der Waals surface area (Å²) in [5, 5.41) is 11.4. The second-order valence-electron chi connectivity index (χ2n) is 4.39. The largest absolute Gasteiger partial charge is 0.480 e. The summed E-state index contributed by atoms with van der Waals surface area (Å²) in [5.41, 5.74) is 0. The molecule has 1 aliphatic heterocycles. The number of carboxylic acid groups (broad SMARTS) is 1. The van der Waals surface area contributed by atoms with E-state index in [-0.39, 0.29) is 6.03 Å². The van der Waals surface area contributed by atoms with Crippen LogP contribution in [0.15, 0.2) is 0 Å². The predicted molar refractivity (Wildman–Crippen MR) is 63.9 cm³/mol. The van der Waals surface area contributed by atoms with Gasteiger partial charge in [0.1, 0.15) is 6.04 Å². The minimum Gasteiger partial charge on any atom is -0.480 e. The molecule has 1 saturated heterocycles. The SMILES string of the molecule is CC[C@H](NC(=O)N1CCCN(C)CC1)C(=O)O. The van der Waals surface area contributed by atoms with E-state index in [4.69, 9.17) is 5.11 Å². The molecule has 2 amide bonds. The summed E-state index contributed by atoms with van der Waals surface area (Å²) in [6.07, 6.45) is 1.32. The third-order valence-corrected chi connectivity index (χ3v) is 3.01. The monoisotopic (exact) mass is 243 g/mol. The number of hydrogen-bond acceptors (Lipinski definition) is 3. The van der Waals surface area contributed by atoms with Crippen molar-refractivity contribution in [3.05, 3.63) is 0 Å². The minimum atomic E-state index is -0.979. The molecule has 0 aromatic heterocycles. The van der Waals surface area contributed by atoms with E-state index in [9.17, 15) is 9.59 Å². The van der Waals surface area contributed by atoms with Gasteiger partial charge in [0.15, 0.2) is 0 Å². The van der Waals surface area contributed by atoms with Gasteiger partial charge < -0.3 is 20.2 Å². The van der Waals surface area contributed by atoms with Gasteiger partial charge in [0, 0.05) is 19.6 Å². The third-order valence-electron chi connectivity index (χ3n) is 3.01. The number of carbonyl (C=O) groups excluding carboxylic acids is 1. The lowest BCUT2D eigenvalue weighted by Crippen LogP contribution is -2.48. The highest BCUT2D eigenvalue weighted by Crippen LogP contribution is 2.02. The van der Waals surface area contributed by atoms with Gasteiger partial charge in [-0.15, -0.1) is 0 Å². The van der Waals surface area contributed by atoms with E-state index in [1.165, 1.54) is 0 Å². The maximum Gasteiger partial charge on any atom is 0.326 e. The van der Waals surface area contributed by atoms with Crippen molar-refractivity contribution in [1.82, 2.24) is 15.1 Å². The molecule has 0 radical (unpaired) electrons. The average molecular weight is 243 g/mol. The van der Waals surface area contributed by atoms with Crippen LogP contribution in [-0.4, -0.2) is 66.2 Å². The Morgan fingerprint density at radius 1 is 1.29 bits per heavy atom. The first-order chi connectivity index (χ1) is 8.04. The molecular weight excluding hydrogens is 222 g/mol. The molecule has 1 fully saturated rings. The third kappa shape index (κ3) is 4.22. The molecule has 0 unspecified atom stereocenters. The van der Waals surface area contributed by atoms with Crippen molar-refractivity contribution in [3.8, 4) is 0 Å². The van der Waals surface area contributed by atoms with Crippen LogP contribution < -0.4 is 5.32 Å². The molecule has 1 atom stereocenters. The number of carboxylic acids is 1. The molecule has 0 saturated carbocycles. The van der Waals surface area contributed by atoms with E-state index < -0.39 is 12.0 Å². The maximum atomic E-state index is 11.9. The topological polar surface area (TPSA) is 72.9 Å². The van der Waals surface area contributed by atoms with Crippen LogP contribution in [0, 0.1) is 0 Å². The minimum absolute atomic E-state index is 0.269. The van der Waals surface area contributed by atoms with Crippen LogP contribution in [0.1, 0.15) is 19.8 Å². The van der Waals surface area contributed by atoms with Gasteiger partial charge in [0.2, 0.25) is 0 Å². The van der Waals surface area contributed by atoms with Crippen molar-refractivity contribution < 1.29 is 14.7 Å². The van der Waals surface area contributed by atoms with Crippen molar-refractivity contribution in [2.45, 2.75) is 25.8 Å². The van der Waals surface area contributed by atoms with E-state index >= 15 is 0 Å². The predicted octanol–water partition coefficient (Wildman–Crippen LogP) is 0.197. The summed E-state index contributed by atoms with van der Waals surface area (Å²) < 4.78 is 0. The molecule has 2 N–H and O–H groups in total. The van der Waals surface area contributed by atoms with Crippen LogP contribution in [0.5, 0.6) is 0 Å². The zero-order valence-electron chi connectivity index (χ0n) is 10.5. The summed E-state index contributed by atoms with van der Waals surface area (Å²) in [7, 11) is 2.02. The number of nitrogens with zero attached hydrogens (tertiary/aromatic N) is 2. The smallest absolute Gasteiger partial charge is 0.326 e. The molecule has 6 nitrogen and oxygen atoms in total. The molecule has 6 heteroatoms. The lowest BCUT2D eigenvalue weighted by molar-refractivity contribution is -0.139. The Labute approximate surface area is 102 Å². The molecule has 0 spiro atoms. The summed E-state index contributed by atoms with van der Waals surface area (Å²) in [6, 6.07) is -1.06. The van der Waals surface area contributed by atoms with Gasteiger partial charge in [-0.1, -0.05) is 6.92 Å². The van der Waals surface area contributed by atoms with Crippen molar-refractivity contribution in [2.24, 2.45) is 0 Å². The van der Waals surface area contributed by atoms with Crippen molar-refractivity contribution >= 4 is 12.0 Å². The first-order valence-electron chi connectivity index (χ1n) is 6.01. The second kappa shape index (κ2) is 6.44. The summed E-state index contributed by atoms with van der Waals surface area (Å²) >= 11 is 0. The summed E-state index contributed by atoms with van der Waals surface area (Å²) in [5.74, 6) is -0.979. The fraction of sp³-hybridized carbons (Fsp3) is 0.818. The van der Waals surface area contributed by atoms with Crippen LogP contribution in [0.4, 0.5) is 4.79 Å². The van der Waals surface area contributed by atoms with E-state index in [0.717, 1.165) is 19.5 Å². The molecular formula is C11H21N3O3. The molecule has 1 heterocycles. The Hall–Kier alpha value is -1.30. The van der Waals surface area contributed by atoms with Gasteiger partial charge >= 0.3 is 12.0 Å². The van der Waals surface area contributed by atoms with Crippen LogP contribution in [0.25, 0.3) is 0 Å². The normalized spacial score (nSPS) is 19.5. The standard InChI is InChI=1S/C11H21N3O3/c1-3-9(10(15)16)12-11(17)14-6-4-5-13(2)7-8-14/h9H,3-8H2,1-2H3,(H,12,17)(H,15,16)/t9-/m0/s1. The van der Waals surface area contributed by atoms with Crippen LogP contribution in [0.3, 0.4) is 0 Å². The molecule has 0 aromatic carbocycles. The highest BCUT2D eigenvalue weighted by atomic mass is 16.4. The average Bonchev–Trinajstić information content (AvgIpc) is 2.50. The Morgan fingerprint density at radius 3 is 2.59 bits per heavy atom. The maximum absolute atomic E-state index is 11.9. The molecule has 0 aliphatic carbocycles. The van der Waals surface area contributed by atoms with Crippen LogP contribution in [-0.2, 0) is 4.79 Å². The fourth-order valence-electron chi connectivity index (χ4n) is 1.83. The summed E-state index contributed by atoms with van der Waals surface area (Å²) in [4.78, 5) is 26.5. The number of aliphatic carboxylic acids is 1. The number of urea groups is 1. The Morgan fingerprint density at radius 2 is 2.00 bits per heavy atom. The zero-order chi connectivity index (χ0) is 12.8. The van der Waals surface area contributed by atoms with E-state index in [2.05, 4.69) is 10.2 Å². The van der Waals surface area contributed by atoms with Crippen molar-refractivity contribution in [2.75, 3.05) is 33.2 Å². The van der Waals surface area contributed by atoms with Gasteiger partial charge in [-0.3, -0.25) is 0 Å². The Balaban J connectivity index is 2.48. The van der Waals surface area contributed by atoms with Gasteiger partial charge in [-0.25, -0.2) is 9.59 Å². The zero-order valence-corrected chi connectivity index (χ0v) is 10.5. The van der Waals surface area contributed by atoms with E-state index in [1.54, 1.807) is 11.8 Å². The first-order valence-corrected chi connectivity index (χ1v) is 6.01. The quantitative estimate of drug-likeness (QED) is 0.742. The second-order valence-corrected chi connectivity index (χ2v) is 4.39. The van der Waals surface area contributed by atoms with Gasteiger partial charge in [0.25, 0.3) is 0 Å². The number of carbonyl (C=O) groups is 2. The fourth-order valence-corrected chi connectivity index (χ4v) is 1.83. The van der Waals surface area contributed by atoms with Crippen molar-refractivity contribution in [3.63, 3.8) is 0 Å². The highest BCUT2D eigenvalue weighted by Gasteiger charge is 2.22. The van der Waals surface area contributed by atoms with Crippen LogP contribution in [0.2, 0.25) is 0 Å². The number of rotatable bonds is 3. The summed E-state index contributed by atoms with van der Waals surface area (Å²) in [6.45, 7) is 4.89. The highest BCUT2D eigenvalue weighted by molar-refractivity contribution is 5.82. The lowest BCUT2D eigenvalue weighted by atomic mass is 10.2. The van der Waals surface area contributed by atoms with Gasteiger partial charge in [-0.2, -0.15) is 0 Å². The van der Waals surface area contributed by atoms with Gasteiger partial charge in [-0.05, 0) is 26.4 Å². The Bertz CT molecular complexity index is 283. The molecule has 1 aliphatic rings. The Kier molecular flexibility index (Phi) is 5.21. The molecule has 98 valence electrons.